The number of anilines is 1. The summed E-state index contributed by atoms with van der Waals surface area (Å²) in [7, 11) is -3.94. The van der Waals surface area contributed by atoms with Crippen LogP contribution in [0.15, 0.2) is 23.1 Å². The summed E-state index contributed by atoms with van der Waals surface area (Å²) < 4.78 is 22.1. The maximum Gasteiger partial charge on any atom is 0.293 e. The first-order valence-electron chi connectivity index (χ1n) is 4.70. The van der Waals surface area contributed by atoms with Crippen molar-refractivity contribution in [1.29, 1.82) is 0 Å². The quantitative estimate of drug-likeness (QED) is 0.600. The molecule has 0 amide bonds. The second kappa shape index (κ2) is 5.11. The number of nitro benzene ring substituents is 1. The number of nitrogens with zero attached hydrogens (tertiary/aromatic N) is 1. The van der Waals surface area contributed by atoms with Crippen molar-refractivity contribution in [2.45, 2.75) is 11.3 Å². The maximum absolute atomic E-state index is 11.1. The molecule has 0 saturated carbocycles. The van der Waals surface area contributed by atoms with Gasteiger partial charge < -0.3 is 5.32 Å². The Morgan fingerprint density at radius 2 is 2.12 bits per heavy atom. The third-order valence-electron chi connectivity index (χ3n) is 1.99. The first kappa shape index (κ1) is 13.4. The SMILES string of the molecule is [CH2]CCNc1ccc(S(N)(=O)=O)cc1[N+](=O)[O-]. The van der Waals surface area contributed by atoms with Crippen molar-refractivity contribution in [3.8, 4) is 0 Å². The van der Waals surface area contributed by atoms with Crippen LogP contribution in [0.2, 0.25) is 0 Å². The molecule has 7 nitrogen and oxygen atoms in total. The number of hydrogen-bond donors (Lipinski definition) is 2. The molecule has 0 saturated heterocycles. The standard InChI is InChI=1S/C9H12N3O4S/c1-2-5-11-8-4-3-7(17(10,15)16)6-9(8)12(13)14/h3-4,6,11H,1-2,5H2,(H2,10,15,16). The van der Waals surface area contributed by atoms with Gasteiger partial charge >= 0.3 is 0 Å². The zero-order valence-electron chi connectivity index (χ0n) is 8.92. The van der Waals surface area contributed by atoms with Gasteiger partial charge in [-0.05, 0) is 18.6 Å². The van der Waals surface area contributed by atoms with E-state index in [9.17, 15) is 18.5 Å². The minimum Gasteiger partial charge on any atom is -0.379 e. The number of nitrogens with one attached hydrogen (secondary N) is 1. The Labute approximate surface area is 98.8 Å². The molecule has 17 heavy (non-hydrogen) atoms. The van der Waals surface area contributed by atoms with Gasteiger partial charge in [-0.2, -0.15) is 0 Å². The molecule has 1 radical (unpaired) electrons. The van der Waals surface area contributed by atoms with Crippen molar-refractivity contribution < 1.29 is 13.3 Å². The van der Waals surface area contributed by atoms with Gasteiger partial charge in [-0.15, -0.1) is 0 Å². The van der Waals surface area contributed by atoms with Gasteiger partial charge in [0.05, 0.1) is 9.82 Å². The molecule has 0 aliphatic heterocycles. The Morgan fingerprint density at radius 3 is 2.59 bits per heavy atom. The van der Waals surface area contributed by atoms with Crippen molar-refractivity contribution in [3.63, 3.8) is 0 Å². The van der Waals surface area contributed by atoms with E-state index in [1.807, 2.05) is 0 Å². The summed E-state index contributed by atoms with van der Waals surface area (Å²) >= 11 is 0. The predicted octanol–water partition coefficient (Wildman–Crippen LogP) is 0.878. The van der Waals surface area contributed by atoms with Crippen LogP contribution in [0.3, 0.4) is 0 Å². The van der Waals surface area contributed by atoms with E-state index < -0.39 is 14.9 Å². The summed E-state index contributed by atoms with van der Waals surface area (Å²) in [6.45, 7) is 4.04. The maximum atomic E-state index is 11.1. The van der Waals surface area contributed by atoms with Gasteiger partial charge in [0.15, 0.2) is 0 Å². The molecule has 93 valence electrons. The summed E-state index contributed by atoms with van der Waals surface area (Å²) in [6.07, 6.45) is 0.550. The lowest BCUT2D eigenvalue weighted by molar-refractivity contribution is -0.384. The van der Waals surface area contributed by atoms with Gasteiger partial charge in [0.2, 0.25) is 10.0 Å². The second-order valence-electron chi connectivity index (χ2n) is 3.26. The summed E-state index contributed by atoms with van der Waals surface area (Å²) in [6, 6.07) is 3.46. The highest BCUT2D eigenvalue weighted by atomic mass is 32.2. The number of sulfonamides is 1. The molecule has 0 spiro atoms. The molecule has 0 fully saturated rings. The molecule has 3 N–H and O–H groups in total. The largest absolute Gasteiger partial charge is 0.379 e. The van der Waals surface area contributed by atoms with Crippen LogP contribution in [0, 0.1) is 17.0 Å². The number of hydrogen-bond acceptors (Lipinski definition) is 5. The van der Waals surface area contributed by atoms with Crippen molar-refractivity contribution in [2.75, 3.05) is 11.9 Å². The molecule has 8 heteroatoms. The van der Waals surface area contributed by atoms with Gasteiger partial charge in [0, 0.05) is 12.6 Å². The van der Waals surface area contributed by atoms with Crippen molar-refractivity contribution in [3.05, 3.63) is 35.2 Å². The lowest BCUT2D eigenvalue weighted by Gasteiger charge is -2.06. The number of nitrogens with two attached hydrogens (primary N) is 1. The average Bonchev–Trinajstić information content (AvgIpc) is 2.24. The Kier molecular flexibility index (Phi) is 4.02. The van der Waals surface area contributed by atoms with E-state index in [4.69, 9.17) is 5.14 Å². The van der Waals surface area contributed by atoms with Gasteiger partial charge in [-0.1, -0.05) is 6.92 Å². The molecule has 0 aliphatic carbocycles. The van der Waals surface area contributed by atoms with Crippen LogP contribution in [0.5, 0.6) is 0 Å². The van der Waals surface area contributed by atoms with E-state index in [0.29, 0.717) is 13.0 Å². The normalized spacial score (nSPS) is 11.2. The first-order chi connectivity index (χ1) is 7.86. The smallest absolute Gasteiger partial charge is 0.293 e. The van der Waals surface area contributed by atoms with Crippen molar-refractivity contribution in [1.82, 2.24) is 0 Å². The monoisotopic (exact) mass is 258 g/mol. The van der Waals surface area contributed by atoms with Crippen molar-refractivity contribution in [2.24, 2.45) is 5.14 Å². The van der Waals surface area contributed by atoms with E-state index in [1.54, 1.807) is 0 Å². The summed E-state index contributed by atoms with van der Waals surface area (Å²) in [5.74, 6) is 0. The average molecular weight is 258 g/mol. The van der Waals surface area contributed by atoms with E-state index in [2.05, 4.69) is 12.2 Å². The van der Waals surface area contributed by atoms with Crippen LogP contribution in [0.1, 0.15) is 6.42 Å². The summed E-state index contributed by atoms with van der Waals surface area (Å²) in [4.78, 5) is 9.82. The molecule has 0 aromatic heterocycles. The fourth-order valence-corrected chi connectivity index (χ4v) is 1.75. The molecule has 0 bridgehead atoms. The van der Waals surface area contributed by atoms with Gasteiger partial charge in [0.1, 0.15) is 5.69 Å². The minimum absolute atomic E-state index is 0.242. The molecule has 1 aromatic carbocycles. The van der Waals surface area contributed by atoms with Gasteiger partial charge in [-0.3, -0.25) is 10.1 Å². The third kappa shape index (κ3) is 3.40. The van der Waals surface area contributed by atoms with Crippen LogP contribution in [-0.2, 0) is 10.0 Å². The molecule has 0 aliphatic rings. The Hall–Kier alpha value is -1.67. The van der Waals surface area contributed by atoms with E-state index in [1.165, 1.54) is 12.1 Å². The topological polar surface area (TPSA) is 115 Å². The van der Waals surface area contributed by atoms with Crippen LogP contribution >= 0.6 is 0 Å². The number of primary sulfonamides is 1. The van der Waals surface area contributed by atoms with Crippen LogP contribution in [-0.4, -0.2) is 19.9 Å². The van der Waals surface area contributed by atoms with Crippen LogP contribution in [0.25, 0.3) is 0 Å². The van der Waals surface area contributed by atoms with Crippen LogP contribution < -0.4 is 10.5 Å². The minimum atomic E-state index is -3.94. The lowest BCUT2D eigenvalue weighted by Crippen LogP contribution is -2.13. The number of nitro groups is 1. The summed E-state index contributed by atoms with van der Waals surface area (Å²) in [5, 5.41) is 18.5. The van der Waals surface area contributed by atoms with Gasteiger partial charge in [0.25, 0.3) is 5.69 Å². The Bertz CT molecular complexity index is 527. The zero-order valence-corrected chi connectivity index (χ0v) is 9.74. The third-order valence-corrected chi connectivity index (χ3v) is 2.90. The Balaban J connectivity index is 3.22. The van der Waals surface area contributed by atoms with E-state index in [-0.39, 0.29) is 16.3 Å². The second-order valence-corrected chi connectivity index (χ2v) is 4.82. The number of benzene rings is 1. The fraction of sp³-hybridized carbons (Fsp3) is 0.222. The molecule has 1 rings (SSSR count). The van der Waals surface area contributed by atoms with Crippen LogP contribution in [0.4, 0.5) is 11.4 Å². The molecular formula is C9H12N3O4S. The fourth-order valence-electron chi connectivity index (χ4n) is 1.21. The van der Waals surface area contributed by atoms with Gasteiger partial charge in [-0.25, -0.2) is 13.6 Å². The molecule has 0 atom stereocenters. The highest BCUT2D eigenvalue weighted by Gasteiger charge is 2.18. The molecule has 1 aromatic rings. The molecule has 0 heterocycles. The zero-order chi connectivity index (χ0) is 13.1. The molecule has 0 unspecified atom stereocenters. The highest BCUT2D eigenvalue weighted by Crippen LogP contribution is 2.26. The van der Waals surface area contributed by atoms with Crippen molar-refractivity contribution >= 4 is 21.4 Å². The predicted molar refractivity (Wildman–Crippen MR) is 62.9 cm³/mol. The molecular weight excluding hydrogens is 246 g/mol. The summed E-state index contributed by atoms with van der Waals surface area (Å²) in [5.41, 5.74) is -0.0870. The van der Waals surface area contributed by atoms with E-state index in [0.717, 1.165) is 6.07 Å². The van der Waals surface area contributed by atoms with E-state index >= 15 is 0 Å². The first-order valence-corrected chi connectivity index (χ1v) is 6.25. The highest BCUT2D eigenvalue weighted by molar-refractivity contribution is 7.89. The Morgan fingerprint density at radius 1 is 1.47 bits per heavy atom. The number of rotatable bonds is 5. The lowest BCUT2D eigenvalue weighted by atomic mass is 10.2.